The number of rotatable bonds is 6. The van der Waals surface area contributed by atoms with Crippen molar-refractivity contribution in [3.63, 3.8) is 0 Å². The molecule has 2 aromatic rings. The van der Waals surface area contributed by atoms with Crippen LogP contribution in [0.5, 0.6) is 5.75 Å². The number of hydrogen-bond acceptors (Lipinski definition) is 4. The fraction of sp³-hybridized carbons (Fsp3) is 0.286. The van der Waals surface area contributed by atoms with Crippen molar-refractivity contribution in [2.24, 2.45) is 7.05 Å². The number of aromatic nitrogens is 2. The Labute approximate surface area is 117 Å². The number of nitrogens with zero attached hydrogens (tertiary/aromatic N) is 2. The van der Waals surface area contributed by atoms with Crippen molar-refractivity contribution in [1.82, 2.24) is 15.1 Å². The van der Waals surface area contributed by atoms with E-state index in [0.29, 0.717) is 24.5 Å². The number of nitrogens with two attached hydrogens (primary N) is 1. The molecule has 0 aliphatic carbocycles. The first-order chi connectivity index (χ1) is 9.68. The Bertz CT molecular complexity index is 566. The van der Waals surface area contributed by atoms with Gasteiger partial charge in [-0.1, -0.05) is 18.2 Å². The van der Waals surface area contributed by atoms with Gasteiger partial charge in [0.1, 0.15) is 17.1 Å². The molecule has 2 rings (SSSR count). The first-order valence-corrected chi connectivity index (χ1v) is 6.42. The van der Waals surface area contributed by atoms with Crippen molar-refractivity contribution in [2.75, 3.05) is 18.9 Å². The SMILES string of the molecule is Cn1ncc(C(=O)NCCCOc2ccccc2)c1N. The zero-order chi connectivity index (χ0) is 14.4. The lowest BCUT2D eigenvalue weighted by Crippen LogP contribution is -2.26. The van der Waals surface area contributed by atoms with Crippen LogP contribution in [0.2, 0.25) is 0 Å². The van der Waals surface area contributed by atoms with Crippen LogP contribution in [0.3, 0.4) is 0 Å². The highest BCUT2D eigenvalue weighted by atomic mass is 16.5. The molecule has 106 valence electrons. The van der Waals surface area contributed by atoms with Crippen LogP contribution in [0.25, 0.3) is 0 Å². The Hall–Kier alpha value is -2.50. The molecule has 1 aromatic carbocycles. The first-order valence-electron chi connectivity index (χ1n) is 6.42. The van der Waals surface area contributed by atoms with Crippen molar-refractivity contribution in [3.8, 4) is 5.75 Å². The van der Waals surface area contributed by atoms with Gasteiger partial charge >= 0.3 is 0 Å². The normalized spacial score (nSPS) is 10.2. The van der Waals surface area contributed by atoms with Gasteiger partial charge in [-0.3, -0.25) is 9.48 Å². The van der Waals surface area contributed by atoms with Crippen LogP contribution >= 0.6 is 0 Å². The monoisotopic (exact) mass is 274 g/mol. The molecule has 3 N–H and O–H groups in total. The van der Waals surface area contributed by atoms with E-state index >= 15 is 0 Å². The van der Waals surface area contributed by atoms with Gasteiger partial charge in [-0.25, -0.2) is 0 Å². The Balaban J connectivity index is 1.69. The van der Waals surface area contributed by atoms with Gasteiger partial charge in [0, 0.05) is 13.6 Å². The Morgan fingerprint density at radius 1 is 1.40 bits per heavy atom. The lowest BCUT2D eigenvalue weighted by atomic mass is 10.3. The Morgan fingerprint density at radius 2 is 2.15 bits per heavy atom. The number of carbonyl (C=O) groups is 1. The van der Waals surface area contributed by atoms with E-state index in [1.807, 2.05) is 30.3 Å². The number of para-hydroxylation sites is 1. The van der Waals surface area contributed by atoms with Crippen LogP contribution in [0.15, 0.2) is 36.5 Å². The topological polar surface area (TPSA) is 82.2 Å². The largest absolute Gasteiger partial charge is 0.494 e. The minimum absolute atomic E-state index is 0.213. The highest BCUT2D eigenvalue weighted by Gasteiger charge is 2.12. The van der Waals surface area contributed by atoms with Gasteiger partial charge < -0.3 is 15.8 Å². The van der Waals surface area contributed by atoms with Crippen LogP contribution in [0, 0.1) is 0 Å². The maximum Gasteiger partial charge on any atom is 0.256 e. The smallest absolute Gasteiger partial charge is 0.256 e. The fourth-order valence-corrected chi connectivity index (χ4v) is 1.70. The number of anilines is 1. The van der Waals surface area contributed by atoms with Gasteiger partial charge in [0.05, 0.1) is 12.8 Å². The molecule has 1 heterocycles. The van der Waals surface area contributed by atoms with Gasteiger partial charge in [0.15, 0.2) is 0 Å². The molecule has 0 aliphatic heterocycles. The summed E-state index contributed by atoms with van der Waals surface area (Å²) in [7, 11) is 1.69. The van der Waals surface area contributed by atoms with E-state index in [4.69, 9.17) is 10.5 Å². The second kappa shape index (κ2) is 6.60. The van der Waals surface area contributed by atoms with E-state index < -0.39 is 0 Å². The number of aryl methyl sites for hydroxylation is 1. The summed E-state index contributed by atoms with van der Waals surface area (Å²) < 4.78 is 6.99. The molecule has 0 saturated heterocycles. The summed E-state index contributed by atoms with van der Waals surface area (Å²) in [6, 6.07) is 9.57. The van der Waals surface area contributed by atoms with Crippen LogP contribution in [0.1, 0.15) is 16.8 Å². The highest BCUT2D eigenvalue weighted by Crippen LogP contribution is 2.09. The number of nitrogens with one attached hydrogen (secondary N) is 1. The van der Waals surface area contributed by atoms with Crippen molar-refractivity contribution >= 4 is 11.7 Å². The average molecular weight is 274 g/mol. The number of nitrogen functional groups attached to an aromatic ring is 1. The Kier molecular flexibility index (Phi) is 4.60. The summed E-state index contributed by atoms with van der Waals surface area (Å²) in [5.41, 5.74) is 6.12. The number of benzene rings is 1. The molecular formula is C14H18N4O2. The molecule has 0 atom stereocenters. The van der Waals surface area contributed by atoms with Crippen molar-refractivity contribution in [1.29, 1.82) is 0 Å². The third-order valence-corrected chi connectivity index (χ3v) is 2.85. The summed E-state index contributed by atoms with van der Waals surface area (Å²) in [6.07, 6.45) is 2.19. The summed E-state index contributed by atoms with van der Waals surface area (Å²) in [6.45, 7) is 1.08. The average Bonchev–Trinajstić information content (AvgIpc) is 2.80. The number of ether oxygens (including phenoxy) is 1. The van der Waals surface area contributed by atoms with Crippen LogP contribution in [0.4, 0.5) is 5.82 Å². The fourth-order valence-electron chi connectivity index (χ4n) is 1.70. The second-order valence-electron chi connectivity index (χ2n) is 4.34. The molecule has 20 heavy (non-hydrogen) atoms. The molecule has 0 aliphatic rings. The van der Waals surface area contributed by atoms with E-state index in [1.54, 1.807) is 7.05 Å². The van der Waals surface area contributed by atoms with Gasteiger partial charge in [-0.2, -0.15) is 5.10 Å². The predicted octanol–water partition coefficient (Wildman–Crippen LogP) is 1.20. The van der Waals surface area contributed by atoms with Gasteiger partial charge in [-0.05, 0) is 18.6 Å². The molecule has 0 spiro atoms. The molecule has 0 saturated carbocycles. The summed E-state index contributed by atoms with van der Waals surface area (Å²) in [4.78, 5) is 11.8. The third kappa shape index (κ3) is 3.50. The van der Waals surface area contributed by atoms with E-state index in [0.717, 1.165) is 12.2 Å². The lowest BCUT2D eigenvalue weighted by Gasteiger charge is -2.07. The Morgan fingerprint density at radius 3 is 2.80 bits per heavy atom. The van der Waals surface area contributed by atoms with Crippen molar-refractivity contribution < 1.29 is 9.53 Å². The minimum atomic E-state index is -0.213. The van der Waals surface area contributed by atoms with Gasteiger partial charge in [0.25, 0.3) is 5.91 Å². The summed E-state index contributed by atoms with van der Waals surface area (Å²) in [5.74, 6) is 0.980. The number of hydrogen-bond donors (Lipinski definition) is 2. The molecule has 1 aromatic heterocycles. The molecule has 0 fully saturated rings. The van der Waals surface area contributed by atoms with Crippen LogP contribution < -0.4 is 15.8 Å². The molecule has 0 radical (unpaired) electrons. The third-order valence-electron chi connectivity index (χ3n) is 2.85. The first kappa shape index (κ1) is 13.9. The molecule has 0 bridgehead atoms. The molecule has 1 amide bonds. The molecule has 0 unspecified atom stereocenters. The van der Waals surface area contributed by atoms with E-state index in [-0.39, 0.29) is 5.91 Å². The lowest BCUT2D eigenvalue weighted by molar-refractivity contribution is 0.0952. The summed E-state index contributed by atoms with van der Waals surface area (Å²) >= 11 is 0. The molecular weight excluding hydrogens is 256 g/mol. The minimum Gasteiger partial charge on any atom is -0.494 e. The van der Waals surface area contributed by atoms with Crippen LogP contribution in [-0.4, -0.2) is 28.8 Å². The van der Waals surface area contributed by atoms with E-state index in [1.165, 1.54) is 10.9 Å². The maximum atomic E-state index is 11.8. The highest BCUT2D eigenvalue weighted by molar-refractivity contribution is 5.98. The quantitative estimate of drug-likeness (QED) is 0.775. The van der Waals surface area contributed by atoms with E-state index in [2.05, 4.69) is 10.4 Å². The predicted molar refractivity (Wildman–Crippen MR) is 76.5 cm³/mol. The van der Waals surface area contributed by atoms with Gasteiger partial charge in [-0.15, -0.1) is 0 Å². The number of carbonyl (C=O) groups excluding carboxylic acids is 1. The van der Waals surface area contributed by atoms with Crippen molar-refractivity contribution in [2.45, 2.75) is 6.42 Å². The van der Waals surface area contributed by atoms with Crippen LogP contribution in [-0.2, 0) is 7.05 Å². The number of amides is 1. The zero-order valence-electron chi connectivity index (χ0n) is 11.4. The molecule has 6 nitrogen and oxygen atoms in total. The van der Waals surface area contributed by atoms with Crippen molar-refractivity contribution in [3.05, 3.63) is 42.1 Å². The zero-order valence-corrected chi connectivity index (χ0v) is 11.4. The second-order valence-corrected chi connectivity index (χ2v) is 4.34. The van der Waals surface area contributed by atoms with Gasteiger partial charge in [0.2, 0.25) is 0 Å². The molecule has 6 heteroatoms. The maximum absolute atomic E-state index is 11.8. The summed E-state index contributed by atoms with van der Waals surface area (Å²) in [5, 5.41) is 6.71. The standard InChI is InChI=1S/C14H18N4O2/c1-18-13(15)12(10-17-18)14(19)16-8-5-9-20-11-6-3-2-4-7-11/h2-4,6-7,10H,5,8-9,15H2,1H3,(H,16,19). The van der Waals surface area contributed by atoms with E-state index in [9.17, 15) is 4.79 Å².